The van der Waals surface area contributed by atoms with E-state index in [1.165, 1.54) is 23.5 Å². The summed E-state index contributed by atoms with van der Waals surface area (Å²) in [7, 11) is 0. The van der Waals surface area contributed by atoms with E-state index in [9.17, 15) is 9.18 Å². The number of H-pyrrole nitrogens is 1. The maximum atomic E-state index is 13.2. The van der Waals surface area contributed by atoms with Crippen LogP contribution in [-0.4, -0.2) is 22.7 Å². The summed E-state index contributed by atoms with van der Waals surface area (Å²) in [6.07, 6.45) is 1.91. The number of rotatable bonds is 2. The number of ether oxygens (including phenoxy) is 1. The second-order valence-electron chi connectivity index (χ2n) is 6.57. The van der Waals surface area contributed by atoms with Gasteiger partial charge in [0, 0.05) is 23.0 Å². The summed E-state index contributed by atoms with van der Waals surface area (Å²) in [6, 6.07) is 6.24. The minimum atomic E-state index is -0.288. The lowest BCUT2D eigenvalue weighted by Crippen LogP contribution is -2.24. The molecule has 0 amide bonds. The third kappa shape index (κ3) is 3.00. The van der Waals surface area contributed by atoms with Crippen molar-refractivity contribution in [3.8, 4) is 11.1 Å². The zero-order valence-electron chi connectivity index (χ0n) is 14.1. The van der Waals surface area contributed by atoms with Gasteiger partial charge in [-0.15, -0.1) is 11.3 Å². The molecule has 2 aromatic heterocycles. The molecule has 0 spiro atoms. The Morgan fingerprint density at radius 3 is 2.80 bits per heavy atom. The minimum Gasteiger partial charge on any atom is -0.378 e. The van der Waals surface area contributed by atoms with Crippen molar-refractivity contribution < 1.29 is 9.13 Å². The molecule has 6 heteroatoms. The molecular weight excluding hydrogens is 339 g/mol. The number of benzene rings is 1. The third-order valence-corrected chi connectivity index (χ3v) is 5.76. The molecule has 3 aromatic rings. The van der Waals surface area contributed by atoms with Crippen LogP contribution in [0.3, 0.4) is 0 Å². The van der Waals surface area contributed by atoms with Crippen LogP contribution in [0.4, 0.5) is 4.39 Å². The second kappa shape index (κ2) is 6.35. The Morgan fingerprint density at radius 1 is 1.32 bits per heavy atom. The van der Waals surface area contributed by atoms with Gasteiger partial charge in [0.15, 0.2) is 0 Å². The average molecular weight is 358 g/mol. The number of aromatic nitrogens is 2. The maximum Gasteiger partial charge on any atom is 0.260 e. The van der Waals surface area contributed by atoms with Crippen molar-refractivity contribution in [1.29, 1.82) is 0 Å². The largest absolute Gasteiger partial charge is 0.378 e. The van der Waals surface area contributed by atoms with E-state index in [-0.39, 0.29) is 23.4 Å². The van der Waals surface area contributed by atoms with Crippen LogP contribution in [0.25, 0.3) is 21.3 Å². The minimum absolute atomic E-state index is 0.122. The molecule has 2 atom stereocenters. The monoisotopic (exact) mass is 358 g/mol. The highest BCUT2D eigenvalue weighted by Gasteiger charge is 2.25. The van der Waals surface area contributed by atoms with Crippen molar-refractivity contribution in [2.24, 2.45) is 0 Å². The molecule has 0 saturated carbocycles. The highest BCUT2D eigenvalue weighted by molar-refractivity contribution is 7.19. The average Bonchev–Trinajstić information content (AvgIpc) is 2.92. The third-order valence-electron chi connectivity index (χ3n) is 4.76. The molecule has 1 saturated heterocycles. The van der Waals surface area contributed by atoms with Gasteiger partial charge in [0.1, 0.15) is 16.5 Å². The second-order valence-corrected chi connectivity index (χ2v) is 7.78. The predicted octanol–water partition coefficient (Wildman–Crippen LogP) is 4.38. The molecule has 25 heavy (non-hydrogen) atoms. The zero-order valence-corrected chi connectivity index (χ0v) is 15.0. The first-order valence-corrected chi connectivity index (χ1v) is 9.25. The number of aromatic amines is 1. The van der Waals surface area contributed by atoms with Gasteiger partial charge in [-0.2, -0.15) is 0 Å². The molecular formula is C19H19FN2O2S. The number of halogens is 1. The fourth-order valence-electron chi connectivity index (χ4n) is 3.54. The Labute approximate surface area is 148 Å². The standard InChI is InChI=1S/C19H19FN2O2S/c1-10-9-13(7-8-24-10)17-21-18(23)16-15(11(2)25-19(16)22-17)12-3-5-14(20)6-4-12/h3-6,10,13H,7-9H2,1-2H3,(H,21,22,23). The van der Waals surface area contributed by atoms with Crippen molar-refractivity contribution in [2.45, 2.75) is 38.7 Å². The lowest BCUT2D eigenvalue weighted by Gasteiger charge is -2.26. The van der Waals surface area contributed by atoms with Gasteiger partial charge in [0.05, 0.1) is 11.5 Å². The van der Waals surface area contributed by atoms with E-state index < -0.39 is 0 Å². The molecule has 130 valence electrons. The Kier molecular flexibility index (Phi) is 4.17. The van der Waals surface area contributed by atoms with E-state index >= 15 is 0 Å². The van der Waals surface area contributed by atoms with Crippen LogP contribution >= 0.6 is 11.3 Å². The fourth-order valence-corrected chi connectivity index (χ4v) is 4.59. The van der Waals surface area contributed by atoms with Crippen LogP contribution in [0.2, 0.25) is 0 Å². The van der Waals surface area contributed by atoms with Gasteiger partial charge in [-0.25, -0.2) is 9.37 Å². The summed E-state index contributed by atoms with van der Waals surface area (Å²) in [5, 5.41) is 0.595. The van der Waals surface area contributed by atoms with Gasteiger partial charge in [0.25, 0.3) is 5.56 Å². The van der Waals surface area contributed by atoms with Gasteiger partial charge in [-0.05, 0) is 44.4 Å². The van der Waals surface area contributed by atoms with Gasteiger partial charge >= 0.3 is 0 Å². The molecule has 0 radical (unpaired) electrons. The topological polar surface area (TPSA) is 55.0 Å². The van der Waals surface area contributed by atoms with E-state index in [0.29, 0.717) is 12.0 Å². The van der Waals surface area contributed by atoms with E-state index in [0.717, 1.165) is 39.5 Å². The summed E-state index contributed by atoms with van der Waals surface area (Å²) >= 11 is 1.51. The van der Waals surface area contributed by atoms with Crippen LogP contribution in [0.5, 0.6) is 0 Å². The first-order chi connectivity index (χ1) is 12.0. The first-order valence-electron chi connectivity index (χ1n) is 8.44. The van der Waals surface area contributed by atoms with Crippen LogP contribution in [0.1, 0.15) is 36.4 Å². The van der Waals surface area contributed by atoms with E-state index in [1.807, 2.05) is 13.8 Å². The Hall–Kier alpha value is -2.05. The molecule has 1 aliphatic heterocycles. The summed E-state index contributed by atoms with van der Waals surface area (Å²) in [5.41, 5.74) is 1.56. The molecule has 0 bridgehead atoms. The molecule has 2 unspecified atom stereocenters. The fraction of sp³-hybridized carbons (Fsp3) is 0.368. The maximum absolute atomic E-state index is 13.2. The summed E-state index contributed by atoms with van der Waals surface area (Å²) in [4.78, 5) is 22.3. The van der Waals surface area contributed by atoms with Crippen LogP contribution in [-0.2, 0) is 4.74 Å². The van der Waals surface area contributed by atoms with Crippen molar-refractivity contribution in [1.82, 2.24) is 9.97 Å². The van der Waals surface area contributed by atoms with Crippen molar-refractivity contribution in [3.63, 3.8) is 0 Å². The SMILES string of the molecule is Cc1sc2nc(C3CCOC(C)C3)[nH]c(=O)c2c1-c1ccc(F)cc1. The number of fused-ring (bicyclic) bond motifs is 1. The van der Waals surface area contributed by atoms with Gasteiger partial charge in [0.2, 0.25) is 0 Å². The van der Waals surface area contributed by atoms with E-state index in [1.54, 1.807) is 12.1 Å². The highest BCUT2D eigenvalue weighted by atomic mass is 32.1. The van der Waals surface area contributed by atoms with Gasteiger partial charge in [-0.3, -0.25) is 4.79 Å². The normalized spacial score (nSPS) is 20.9. The van der Waals surface area contributed by atoms with E-state index in [4.69, 9.17) is 9.72 Å². The molecule has 1 N–H and O–H groups in total. The quantitative estimate of drug-likeness (QED) is 0.739. The Morgan fingerprint density at radius 2 is 2.08 bits per heavy atom. The molecule has 1 fully saturated rings. The number of hydrogen-bond donors (Lipinski definition) is 1. The van der Waals surface area contributed by atoms with Gasteiger partial charge < -0.3 is 9.72 Å². The number of aryl methyl sites for hydroxylation is 1. The highest BCUT2D eigenvalue weighted by Crippen LogP contribution is 2.36. The lowest BCUT2D eigenvalue weighted by molar-refractivity contribution is 0.0173. The molecule has 1 aliphatic rings. The zero-order chi connectivity index (χ0) is 17.6. The number of nitrogens with one attached hydrogen (secondary N) is 1. The Bertz CT molecular complexity index is 977. The molecule has 3 heterocycles. The molecule has 0 aliphatic carbocycles. The Balaban J connectivity index is 1.84. The first kappa shape index (κ1) is 16.4. The predicted molar refractivity (Wildman–Crippen MR) is 97.8 cm³/mol. The van der Waals surface area contributed by atoms with Crippen LogP contribution < -0.4 is 5.56 Å². The number of thiophene rings is 1. The van der Waals surface area contributed by atoms with Crippen molar-refractivity contribution in [3.05, 3.63) is 51.1 Å². The van der Waals surface area contributed by atoms with Crippen LogP contribution in [0.15, 0.2) is 29.1 Å². The number of hydrogen-bond acceptors (Lipinski definition) is 4. The molecule has 4 rings (SSSR count). The molecule has 1 aromatic carbocycles. The number of nitrogens with zero attached hydrogens (tertiary/aromatic N) is 1. The van der Waals surface area contributed by atoms with Crippen LogP contribution in [0, 0.1) is 12.7 Å². The van der Waals surface area contributed by atoms with Gasteiger partial charge in [-0.1, -0.05) is 12.1 Å². The smallest absolute Gasteiger partial charge is 0.260 e. The van der Waals surface area contributed by atoms with Crippen molar-refractivity contribution in [2.75, 3.05) is 6.61 Å². The molecule has 4 nitrogen and oxygen atoms in total. The summed E-state index contributed by atoms with van der Waals surface area (Å²) < 4.78 is 18.8. The van der Waals surface area contributed by atoms with E-state index in [2.05, 4.69) is 4.98 Å². The summed E-state index contributed by atoms with van der Waals surface area (Å²) in [5.74, 6) is 0.681. The van der Waals surface area contributed by atoms with Crippen molar-refractivity contribution >= 4 is 21.6 Å². The lowest BCUT2D eigenvalue weighted by atomic mass is 9.95. The summed E-state index contributed by atoms with van der Waals surface area (Å²) in [6.45, 7) is 4.71.